The number of aromatic nitrogens is 3. The van der Waals surface area contributed by atoms with Crippen molar-refractivity contribution < 1.29 is 0 Å². The lowest BCUT2D eigenvalue weighted by Gasteiger charge is -1.95. The molecule has 0 radical (unpaired) electrons. The molecule has 0 N–H and O–H groups in total. The van der Waals surface area contributed by atoms with E-state index in [9.17, 15) is 0 Å². The largest absolute Gasteiger partial charge is 0.269 e. The van der Waals surface area contributed by atoms with Gasteiger partial charge in [0.25, 0.3) is 0 Å². The molecule has 3 aromatic rings. The van der Waals surface area contributed by atoms with Gasteiger partial charge in [-0.1, -0.05) is 23.7 Å². The Bertz CT molecular complexity index is 741. The van der Waals surface area contributed by atoms with Crippen molar-refractivity contribution in [1.29, 1.82) is 0 Å². The molecule has 0 unspecified atom stereocenters. The number of hydrogen-bond donors (Lipinski definition) is 0. The number of nitrogens with zero attached hydrogens (tertiary/aromatic N) is 3. The number of aryl methyl sites for hydroxylation is 1. The number of hydrogen-bond acceptors (Lipinski definition) is 3. The van der Waals surface area contributed by atoms with Gasteiger partial charge in [-0.25, -0.2) is 4.98 Å². The topological polar surface area (TPSA) is 30.7 Å². The Hall–Kier alpha value is -1.91. The minimum atomic E-state index is 0.736. The molecule has 20 heavy (non-hydrogen) atoms. The Morgan fingerprint density at radius 1 is 1.15 bits per heavy atom. The third-order valence-electron chi connectivity index (χ3n) is 2.92. The fourth-order valence-electron chi connectivity index (χ4n) is 1.82. The van der Waals surface area contributed by atoms with Gasteiger partial charge in [0, 0.05) is 29.2 Å². The van der Waals surface area contributed by atoms with Crippen LogP contribution in [0.25, 0.3) is 23.4 Å². The van der Waals surface area contributed by atoms with Gasteiger partial charge in [0.05, 0.1) is 11.4 Å². The number of thiazole rings is 1. The first-order valence-corrected chi connectivity index (χ1v) is 7.36. The highest BCUT2D eigenvalue weighted by Gasteiger charge is 2.02. The molecule has 0 bridgehead atoms. The van der Waals surface area contributed by atoms with Gasteiger partial charge in [-0.2, -0.15) is 5.10 Å². The average Bonchev–Trinajstić information content (AvgIpc) is 3.06. The molecule has 0 aliphatic carbocycles. The molecule has 0 saturated heterocycles. The molecule has 0 spiro atoms. The smallest absolute Gasteiger partial charge is 0.116 e. The lowest BCUT2D eigenvalue weighted by molar-refractivity contribution is 0.760. The summed E-state index contributed by atoms with van der Waals surface area (Å²) in [7, 11) is 1.92. The third-order valence-corrected chi connectivity index (χ3v) is 3.98. The molecule has 0 fully saturated rings. The number of rotatable bonds is 3. The predicted molar refractivity (Wildman–Crippen MR) is 84.7 cm³/mol. The van der Waals surface area contributed by atoms with E-state index in [1.165, 1.54) is 0 Å². The maximum atomic E-state index is 5.89. The standard InChI is InChI=1S/C15H12ClN3S/c1-19-13(8-9-17-19)6-7-15-18-14(10-20-15)11-2-4-12(16)5-3-11/h2-10H,1H3/b7-6+. The summed E-state index contributed by atoms with van der Waals surface area (Å²) in [5.41, 5.74) is 3.09. The Morgan fingerprint density at radius 3 is 2.65 bits per heavy atom. The van der Waals surface area contributed by atoms with Gasteiger partial charge in [-0.15, -0.1) is 11.3 Å². The molecule has 0 aliphatic heterocycles. The summed E-state index contributed by atoms with van der Waals surface area (Å²) in [6.45, 7) is 0. The van der Waals surface area contributed by atoms with Crippen molar-refractivity contribution in [3.05, 3.63) is 57.6 Å². The molecule has 1 aromatic carbocycles. The molecule has 2 heterocycles. The summed E-state index contributed by atoms with van der Waals surface area (Å²) in [6.07, 6.45) is 5.79. The van der Waals surface area contributed by atoms with E-state index in [1.54, 1.807) is 17.5 Å². The zero-order valence-electron chi connectivity index (χ0n) is 10.8. The van der Waals surface area contributed by atoms with E-state index in [2.05, 4.69) is 10.1 Å². The molecule has 0 saturated carbocycles. The SMILES string of the molecule is Cn1nccc1/C=C/c1nc(-c2ccc(Cl)cc2)cs1. The maximum Gasteiger partial charge on any atom is 0.116 e. The summed E-state index contributed by atoms with van der Waals surface area (Å²) in [5, 5.41) is 7.88. The molecule has 100 valence electrons. The Kier molecular flexibility index (Phi) is 3.67. The predicted octanol–water partition coefficient (Wildman–Crippen LogP) is 4.37. The van der Waals surface area contributed by atoms with E-state index < -0.39 is 0 Å². The van der Waals surface area contributed by atoms with Crippen molar-refractivity contribution >= 4 is 35.1 Å². The van der Waals surface area contributed by atoms with Gasteiger partial charge in [0.2, 0.25) is 0 Å². The first-order chi connectivity index (χ1) is 9.72. The molecule has 0 atom stereocenters. The monoisotopic (exact) mass is 301 g/mol. The molecule has 3 rings (SSSR count). The van der Waals surface area contributed by atoms with E-state index in [4.69, 9.17) is 11.6 Å². The van der Waals surface area contributed by atoms with E-state index >= 15 is 0 Å². The normalized spacial score (nSPS) is 11.3. The minimum absolute atomic E-state index is 0.736. The van der Waals surface area contributed by atoms with Crippen LogP contribution in [-0.2, 0) is 7.05 Å². The van der Waals surface area contributed by atoms with Gasteiger partial charge in [0.1, 0.15) is 5.01 Å². The van der Waals surface area contributed by atoms with E-state index in [1.807, 2.05) is 59.6 Å². The van der Waals surface area contributed by atoms with Crippen LogP contribution in [-0.4, -0.2) is 14.8 Å². The second-order valence-corrected chi connectivity index (χ2v) is 5.62. The van der Waals surface area contributed by atoms with Crippen molar-refractivity contribution in [3.8, 4) is 11.3 Å². The second kappa shape index (κ2) is 5.61. The maximum absolute atomic E-state index is 5.89. The van der Waals surface area contributed by atoms with Gasteiger partial charge in [0.15, 0.2) is 0 Å². The van der Waals surface area contributed by atoms with Crippen molar-refractivity contribution in [1.82, 2.24) is 14.8 Å². The van der Waals surface area contributed by atoms with Crippen LogP contribution in [0.3, 0.4) is 0 Å². The van der Waals surface area contributed by atoms with Crippen molar-refractivity contribution in [2.45, 2.75) is 0 Å². The molecule has 5 heteroatoms. The molecule has 0 aliphatic rings. The average molecular weight is 302 g/mol. The van der Waals surface area contributed by atoms with E-state index in [0.717, 1.165) is 27.0 Å². The summed E-state index contributed by atoms with van der Waals surface area (Å²) in [6, 6.07) is 9.67. The first-order valence-electron chi connectivity index (χ1n) is 6.10. The van der Waals surface area contributed by atoms with E-state index in [0.29, 0.717) is 0 Å². The Balaban J connectivity index is 1.82. The van der Waals surface area contributed by atoms with Crippen molar-refractivity contribution in [2.24, 2.45) is 7.05 Å². The van der Waals surface area contributed by atoms with Crippen LogP contribution >= 0.6 is 22.9 Å². The minimum Gasteiger partial charge on any atom is -0.269 e. The van der Waals surface area contributed by atoms with Crippen LogP contribution in [0.1, 0.15) is 10.7 Å². The van der Waals surface area contributed by atoms with Crippen LogP contribution in [0.5, 0.6) is 0 Å². The molecule has 2 aromatic heterocycles. The van der Waals surface area contributed by atoms with Gasteiger partial charge >= 0.3 is 0 Å². The van der Waals surface area contributed by atoms with Gasteiger partial charge < -0.3 is 0 Å². The number of benzene rings is 1. The van der Waals surface area contributed by atoms with Crippen LogP contribution in [0.2, 0.25) is 5.02 Å². The fourth-order valence-corrected chi connectivity index (χ4v) is 2.67. The molecule has 0 amide bonds. The number of halogens is 1. The molecular formula is C15H12ClN3S. The highest BCUT2D eigenvalue weighted by molar-refractivity contribution is 7.10. The molecule has 3 nitrogen and oxygen atoms in total. The van der Waals surface area contributed by atoms with Gasteiger partial charge in [-0.05, 0) is 30.4 Å². The summed E-state index contributed by atoms with van der Waals surface area (Å²) >= 11 is 7.50. The van der Waals surface area contributed by atoms with Crippen LogP contribution in [0.15, 0.2) is 41.9 Å². The van der Waals surface area contributed by atoms with Gasteiger partial charge in [-0.3, -0.25) is 4.68 Å². The van der Waals surface area contributed by atoms with Crippen LogP contribution in [0.4, 0.5) is 0 Å². The summed E-state index contributed by atoms with van der Waals surface area (Å²) in [4.78, 5) is 4.60. The zero-order chi connectivity index (χ0) is 13.9. The highest BCUT2D eigenvalue weighted by Crippen LogP contribution is 2.24. The van der Waals surface area contributed by atoms with Crippen molar-refractivity contribution in [3.63, 3.8) is 0 Å². The Morgan fingerprint density at radius 2 is 1.95 bits per heavy atom. The quantitative estimate of drug-likeness (QED) is 0.719. The Labute approximate surface area is 126 Å². The van der Waals surface area contributed by atoms with Crippen LogP contribution in [0, 0.1) is 0 Å². The fraction of sp³-hybridized carbons (Fsp3) is 0.0667. The van der Waals surface area contributed by atoms with Crippen molar-refractivity contribution in [2.75, 3.05) is 0 Å². The highest BCUT2D eigenvalue weighted by atomic mass is 35.5. The third kappa shape index (κ3) is 2.81. The summed E-state index contributed by atoms with van der Waals surface area (Å²) in [5.74, 6) is 0. The zero-order valence-corrected chi connectivity index (χ0v) is 12.4. The lowest BCUT2D eigenvalue weighted by atomic mass is 10.2. The van der Waals surface area contributed by atoms with Crippen LogP contribution < -0.4 is 0 Å². The first kappa shape index (κ1) is 13.1. The summed E-state index contributed by atoms with van der Waals surface area (Å²) < 4.78 is 1.82. The van der Waals surface area contributed by atoms with E-state index in [-0.39, 0.29) is 0 Å². The lowest BCUT2D eigenvalue weighted by Crippen LogP contribution is -1.91. The molecular weight excluding hydrogens is 290 g/mol. The second-order valence-electron chi connectivity index (χ2n) is 4.29.